The van der Waals surface area contributed by atoms with Crippen LogP contribution in [0.15, 0.2) is 0 Å². The van der Waals surface area contributed by atoms with Crippen LogP contribution in [0.1, 0.15) is 48.5 Å². The lowest BCUT2D eigenvalue weighted by Gasteiger charge is -2.20. The van der Waals surface area contributed by atoms with Crippen LogP contribution in [0.2, 0.25) is 0 Å². The maximum absolute atomic E-state index is 11.2. The molecule has 0 radical (unpaired) electrons. The molecular weight excluding hydrogens is 178 g/mol. The summed E-state index contributed by atoms with van der Waals surface area (Å²) in [5.41, 5.74) is -0.144. The molecule has 3 nitrogen and oxygen atoms in total. The van der Waals surface area contributed by atoms with Gasteiger partial charge in [-0.05, 0) is 34.6 Å². The fourth-order valence-electron chi connectivity index (χ4n) is 0.868. The van der Waals surface area contributed by atoms with Crippen LogP contribution in [-0.2, 0) is 9.53 Å². The number of rotatable bonds is 4. The van der Waals surface area contributed by atoms with Gasteiger partial charge >= 0.3 is 0 Å². The molecule has 86 valence electrons. The third kappa shape index (κ3) is 11.4. The van der Waals surface area contributed by atoms with Crippen molar-refractivity contribution in [3.8, 4) is 0 Å². The molecule has 0 bridgehead atoms. The van der Waals surface area contributed by atoms with Gasteiger partial charge in [0, 0.05) is 12.0 Å². The molecular formula is C11H25NO2. The second kappa shape index (κ2) is 6.82. The van der Waals surface area contributed by atoms with Crippen LogP contribution in [-0.4, -0.2) is 24.2 Å². The SMILES string of the molecule is C.CC(C)OCCC(=O)NC(C)(C)C. The van der Waals surface area contributed by atoms with Crippen molar-refractivity contribution >= 4 is 5.91 Å². The fourth-order valence-corrected chi connectivity index (χ4v) is 0.868. The molecule has 0 fully saturated rings. The zero-order chi connectivity index (χ0) is 10.5. The van der Waals surface area contributed by atoms with Gasteiger partial charge in [-0.1, -0.05) is 7.43 Å². The van der Waals surface area contributed by atoms with Crippen LogP contribution in [0.5, 0.6) is 0 Å². The standard InChI is InChI=1S/C10H21NO2.CH4/c1-8(2)13-7-6-9(12)11-10(3,4)5;/h8H,6-7H2,1-5H3,(H,11,12);1H4. The van der Waals surface area contributed by atoms with E-state index in [9.17, 15) is 4.79 Å². The number of nitrogens with one attached hydrogen (secondary N) is 1. The fraction of sp³-hybridized carbons (Fsp3) is 0.909. The zero-order valence-corrected chi connectivity index (χ0v) is 9.31. The summed E-state index contributed by atoms with van der Waals surface area (Å²) in [6.45, 7) is 10.3. The summed E-state index contributed by atoms with van der Waals surface area (Å²) < 4.78 is 5.27. The van der Waals surface area contributed by atoms with Gasteiger partial charge in [0.2, 0.25) is 5.91 Å². The number of ether oxygens (including phenoxy) is 1. The average Bonchev–Trinajstić information content (AvgIpc) is 1.81. The minimum Gasteiger partial charge on any atom is -0.378 e. The third-order valence-corrected chi connectivity index (χ3v) is 1.29. The summed E-state index contributed by atoms with van der Waals surface area (Å²) in [4.78, 5) is 11.2. The Bertz CT molecular complexity index is 159. The average molecular weight is 203 g/mol. The molecule has 0 spiro atoms. The van der Waals surface area contributed by atoms with Crippen molar-refractivity contribution in [3.63, 3.8) is 0 Å². The summed E-state index contributed by atoms with van der Waals surface area (Å²) in [6, 6.07) is 0. The first-order chi connectivity index (χ1) is 5.81. The van der Waals surface area contributed by atoms with Gasteiger partial charge in [0.1, 0.15) is 0 Å². The number of amides is 1. The monoisotopic (exact) mass is 203 g/mol. The molecule has 0 aliphatic rings. The lowest BCUT2D eigenvalue weighted by atomic mass is 10.1. The molecule has 0 saturated heterocycles. The van der Waals surface area contributed by atoms with Crippen molar-refractivity contribution < 1.29 is 9.53 Å². The van der Waals surface area contributed by atoms with Crippen LogP contribution in [0.4, 0.5) is 0 Å². The Balaban J connectivity index is 0. The summed E-state index contributed by atoms with van der Waals surface area (Å²) in [7, 11) is 0. The smallest absolute Gasteiger partial charge is 0.222 e. The Morgan fingerprint density at radius 3 is 2.21 bits per heavy atom. The summed E-state index contributed by atoms with van der Waals surface area (Å²) in [5, 5.41) is 2.87. The summed E-state index contributed by atoms with van der Waals surface area (Å²) in [6.07, 6.45) is 0.637. The van der Waals surface area contributed by atoms with Gasteiger partial charge in [-0.15, -0.1) is 0 Å². The predicted octanol–water partition coefficient (Wildman–Crippen LogP) is 2.35. The second-order valence-electron chi connectivity index (χ2n) is 4.47. The molecule has 1 amide bonds. The quantitative estimate of drug-likeness (QED) is 0.761. The largest absolute Gasteiger partial charge is 0.378 e. The van der Waals surface area contributed by atoms with E-state index < -0.39 is 0 Å². The van der Waals surface area contributed by atoms with Crippen LogP contribution >= 0.6 is 0 Å². The first kappa shape index (κ1) is 15.9. The number of hydrogen-bond acceptors (Lipinski definition) is 2. The van der Waals surface area contributed by atoms with Crippen LogP contribution < -0.4 is 5.32 Å². The Labute approximate surface area is 88.2 Å². The summed E-state index contributed by atoms with van der Waals surface area (Å²) >= 11 is 0. The van der Waals surface area contributed by atoms with Crippen LogP contribution in [0.25, 0.3) is 0 Å². The normalized spacial score (nSPS) is 11.0. The van der Waals surface area contributed by atoms with E-state index >= 15 is 0 Å². The molecule has 0 saturated carbocycles. The molecule has 0 aromatic rings. The molecule has 0 aliphatic heterocycles. The van der Waals surface area contributed by atoms with Crippen molar-refractivity contribution in [2.75, 3.05) is 6.61 Å². The van der Waals surface area contributed by atoms with Crippen molar-refractivity contribution in [3.05, 3.63) is 0 Å². The number of hydrogen-bond donors (Lipinski definition) is 1. The Morgan fingerprint density at radius 2 is 1.86 bits per heavy atom. The van der Waals surface area contributed by atoms with Gasteiger partial charge in [0.25, 0.3) is 0 Å². The van der Waals surface area contributed by atoms with E-state index in [4.69, 9.17) is 4.74 Å². The number of carbonyl (C=O) groups is 1. The van der Waals surface area contributed by atoms with E-state index in [0.717, 1.165) is 0 Å². The third-order valence-electron chi connectivity index (χ3n) is 1.29. The van der Waals surface area contributed by atoms with Crippen molar-refractivity contribution in [2.45, 2.75) is 60.1 Å². The highest BCUT2D eigenvalue weighted by atomic mass is 16.5. The lowest BCUT2D eigenvalue weighted by molar-refractivity contribution is -0.123. The maximum atomic E-state index is 11.2. The molecule has 0 heterocycles. The highest BCUT2D eigenvalue weighted by molar-refractivity contribution is 5.76. The molecule has 1 N–H and O–H groups in total. The minimum absolute atomic E-state index is 0. The van der Waals surface area contributed by atoms with E-state index in [1.807, 2.05) is 34.6 Å². The first-order valence-electron chi connectivity index (χ1n) is 4.74. The Morgan fingerprint density at radius 1 is 1.36 bits per heavy atom. The molecule has 14 heavy (non-hydrogen) atoms. The lowest BCUT2D eigenvalue weighted by Crippen LogP contribution is -2.41. The van der Waals surface area contributed by atoms with Gasteiger partial charge in [-0.25, -0.2) is 0 Å². The zero-order valence-electron chi connectivity index (χ0n) is 9.31. The minimum atomic E-state index is -0.144. The van der Waals surface area contributed by atoms with E-state index in [1.54, 1.807) is 0 Å². The maximum Gasteiger partial charge on any atom is 0.222 e. The number of carbonyl (C=O) groups excluding carboxylic acids is 1. The topological polar surface area (TPSA) is 38.3 Å². The predicted molar refractivity (Wildman–Crippen MR) is 60.3 cm³/mol. The first-order valence-corrected chi connectivity index (χ1v) is 4.74. The molecule has 0 aromatic carbocycles. The molecule has 3 heteroatoms. The van der Waals surface area contributed by atoms with E-state index in [1.165, 1.54) is 0 Å². The van der Waals surface area contributed by atoms with E-state index in [-0.39, 0.29) is 25.0 Å². The molecule has 0 unspecified atom stereocenters. The Hall–Kier alpha value is -0.570. The summed E-state index contributed by atoms with van der Waals surface area (Å²) in [5.74, 6) is 0.0492. The van der Waals surface area contributed by atoms with Crippen molar-refractivity contribution in [2.24, 2.45) is 0 Å². The highest BCUT2D eigenvalue weighted by Crippen LogP contribution is 1.99. The van der Waals surface area contributed by atoms with Gasteiger partial charge in [0.05, 0.1) is 12.7 Å². The molecule has 0 aromatic heterocycles. The van der Waals surface area contributed by atoms with Crippen LogP contribution in [0, 0.1) is 0 Å². The van der Waals surface area contributed by atoms with Crippen molar-refractivity contribution in [1.29, 1.82) is 0 Å². The molecule has 0 atom stereocenters. The molecule has 0 aliphatic carbocycles. The van der Waals surface area contributed by atoms with Gasteiger partial charge in [-0.2, -0.15) is 0 Å². The Kier molecular flexibility index (Phi) is 7.74. The second-order valence-corrected chi connectivity index (χ2v) is 4.47. The highest BCUT2D eigenvalue weighted by Gasteiger charge is 2.13. The van der Waals surface area contributed by atoms with Gasteiger partial charge < -0.3 is 10.1 Å². The van der Waals surface area contributed by atoms with Gasteiger partial charge in [-0.3, -0.25) is 4.79 Å². The molecule has 0 rings (SSSR count). The van der Waals surface area contributed by atoms with Crippen LogP contribution in [0.3, 0.4) is 0 Å². The van der Waals surface area contributed by atoms with E-state index in [0.29, 0.717) is 13.0 Å². The van der Waals surface area contributed by atoms with E-state index in [2.05, 4.69) is 5.32 Å². The van der Waals surface area contributed by atoms with Gasteiger partial charge in [0.15, 0.2) is 0 Å². The van der Waals surface area contributed by atoms with Crippen molar-refractivity contribution in [1.82, 2.24) is 5.32 Å².